The Morgan fingerprint density at radius 3 is 2.73 bits per heavy atom. The van der Waals surface area contributed by atoms with Gasteiger partial charge in [0, 0.05) is 6.08 Å². The second kappa shape index (κ2) is 6.79. The van der Waals surface area contributed by atoms with Crippen molar-refractivity contribution in [3.05, 3.63) is 48.0 Å². The maximum Gasteiger partial charge on any atom is 0.328 e. The SMILES string of the molecule is O=C(O)C=CCOCCc1ccccc1. The summed E-state index contributed by atoms with van der Waals surface area (Å²) in [4.78, 5) is 10.1. The van der Waals surface area contributed by atoms with Gasteiger partial charge in [0.25, 0.3) is 0 Å². The minimum absolute atomic E-state index is 0.346. The molecule has 0 unspecified atom stereocenters. The molecule has 0 heterocycles. The molecule has 1 aromatic rings. The third-order valence-corrected chi connectivity index (χ3v) is 1.85. The molecule has 1 aromatic carbocycles. The minimum Gasteiger partial charge on any atom is -0.478 e. The molecule has 0 radical (unpaired) electrons. The van der Waals surface area contributed by atoms with Crippen LogP contribution in [0.3, 0.4) is 0 Å². The Labute approximate surface area is 89.0 Å². The van der Waals surface area contributed by atoms with Crippen molar-refractivity contribution in [1.29, 1.82) is 0 Å². The first-order valence-corrected chi connectivity index (χ1v) is 4.80. The summed E-state index contributed by atoms with van der Waals surface area (Å²) in [6.07, 6.45) is 3.43. The fourth-order valence-corrected chi connectivity index (χ4v) is 1.14. The number of benzene rings is 1. The summed E-state index contributed by atoms with van der Waals surface area (Å²) in [6, 6.07) is 10.0. The van der Waals surface area contributed by atoms with E-state index < -0.39 is 5.97 Å². The van der Waals surface area contributed by atoms with Crippen molar-refractivity contribution in [2.75, 3.05) is 13.2 Å². The Morgan fingerprint density at radius 1 is 1.33 bits per heavy atom. The van der Waals surface area contributed by atoms with Gasteiger partial charge in [-0.1, -0.05) is 36.4 Å². The largest absolute Gasteiger partial charge is 0.478 e. The summed E-state index contributed by atoms with van der Waals surface area (Å²) in [5.41, 5.74) is 1.22. The first-order chi connectivity index (χ1) is 7.29. The van der Waals surface area contributed by atoms with Gasteiger partial charge in [0.05, 0.1) is 13.2 Å². The van der Waals surface area contributed by atoms with E-state index in [1.165, 1.54) is 11.6 Å². The molecule has 0 atom stereocenters. The first-order valence-electron chi connectivity index (χ1n) is 4.80. The highest BCUT2D eigenvalue weighted by Crippen LogP contribution is 1.99. The number of carbonyl (C=O) groups is 1. The lowest BCUT2D eigenvalue weighted by Gasteiger charge is -2.00. The summed E-state index contributed by atoms with van der Waals surface area (Å²) in [5, 5.41) is 8.31. The van der Waals surface area contributed by atoms with Crippen LogP contribution in [-0.2, 0) is 16.0 Å². The predicted molar refractivity (Wildman–Crippen MR) is 57.7 cm³/mol. The van der Waals surface area contributed by atoms with Crippen LogP contribution in [0.15, 0.2) is 42.5 Å². The zero-order valence-corrected chi connectivity index (χ0v) is 8.43. The topological polar surface area (TPSA) is 46.5 Å². The summed E-state index contributed by atoms with van der Waals surface area (Å²) >= 11 is 0. The van der Waals surface area contributed by atoms with Gasteiger partial charge >= 0.3 is 5.97 Å². The Kier molecular flexibility index (Phi) is 5.19. The van der Waals surface area contributed by atoms with Crippen molar-refractivity contribution in [2.24, 2.45) is 0 Å². The monoisotopic (exact) mass is 206 g/mol. The third-order valence-electron chi connectivity index (χ3n) is 1.85. The second-order valence-corrected chi connectivity index (χ2v) is 3.05. The van der Waals surface area contributed by atoms with Crippen molar-refractivity contribution < 1.29 is 14.6 Å². The lowest BCUT2D eigenvalue weighted by molar-refractivity contribution is -0.131. The molecular weight excluding hydrogens is 192 g/mol. The summed E-state index contributed by atoms with van der Waals surface area (Å²) < 4.78 is 5.24. The maximum absolute atomic E-state index is 10.1. The van der Waals surface area contributed by atoms with E-state index in [4.69, 9.17) is 9.84 Å². The van der Waals surface area contributed by atoms with Crippen LogP contribution in [0, 0.1) is 0 Å². The van der Waals surface area contributed by atoms with Crippen LogP contribution in [0.1, 0.15) is 5.56 Å². The van der Waals surface area contributed by atoms with E-state index in [1.54, 1.807) is 0 Å². The quantitative estimate of drug-likeness (QED) is 0.571. The van der Waals surface area contributed by atoms with E-state index in [2.05, 4.69) is 0 Å². The van der Waals surface area contributed by atoms with Gasteiger partial charge in [0.15, 0.2) is 0 Å². The zero-order valence-electron chi connectivity index (χ0n) is 8.43. The number of carboxylic acids is 1. The molecule has 0 bridgehead atoms. The van der Waals surface area contributed by atoms with Crippen LogP contribution in [0.5, 0.6) is 0 Å². The molecule has 0 aliphatic heterocycles. The van der Waals surface area contributed by atoms with Gasteiger partial charge in [-0.15, -0.1) is 0 Å². The predicted octanol–water partition coefficient (Wildman–Crippen LogP) is 1.89. The molecule has 80 valence electrons. The second-order valence-electron chi connectivity index (χ2n) is 3.05. The van der Waals surface area contributed by atoms with Crippen LogP contribution >= 0.6 is 0 Å². The van der Waals surface area contributed by atoms with Gasteiger partial charge in [-0.2, -0.15) is 0 Å². The van der Waals surface area contributed by atoms with Crippen molar-refractivity contribution in [3.8, 4) is 0 Å². The Morgan fingerprint density at radius 2 is 2.07 bits per heavy atom. The normalized spacial score (nSPS) is 10.7. The Balaban J connectivity index is 2.10. The number of ether oxygens (including phenoxy) is 1. The molecular formula is C12H14O3. The first kappa shape index (κ1) is 11.5. The van der Waals surface area contributed by atoms with Crippen LogP contribution in [0.2, 0.25) is 0 Å². The van der Waals surface area contributed by atoms with Gasteiger partial charge in [0.2, 0.25) is 0 Å². The molecule has 3 heteroatoms. The molecule has 1 N–H and O–H groups in total. The molecule has 3 nitrogen and oxygen atoms in total. The standard InChI is InChI=1S/C12H14O3/c13-12(14)7-4-9-15-10-8-11-5-2-1-3-6-11/h1-7H,8-10H2,(H,13,14). The lowest BCUT2D eigenvalue weighted by Crippen LogP contribution is -1.99. The highest BCUT2D eigenvalue weighted by molar-refractivity contribution is 5.79. The molecule has 1 rings (SSSR count). The van der Waals surface area contributed by atoms with E-state index in [1.807, 2.05) is 30.3 Å². The number of hydrogen-bond donors (Lipinski definition) is 1. The van der Waals surface area contributed by atoms with Crippen molar-refractivity contribution >= 4 is 5.97 Å². The summed E-state index contributed by atoms with van der Waals surface area (Å²) in [7, 11) is 0. The number of rotatable bonds is 6. The summed E-state index contributed by atoms with van der Waals surface area (Å²) in [6.45, 7) is 0.951. The van der Waals surface area contributed by atoms with Gasteiger partial charge in [0.1, 0.15) is 0 Å². The van der Waals surface area contributed by atoms with Gasteiger partial charge in [-0.3, -0.25) is 0 Å². The molecule has 0 saturated heterocycles. The van der Waals surface area contributed by atoms with Crippen molar-refractivity contribution in [1.82, 2.24) is 0 Å². The zero-order chi connectivity index (χ0) is 10.9. The number of hydrogen-bond acceptors (Lipinski definition) is 2. The van der Waals surface area contributed by atoms with Crippen LogP contribution in [0.4, 0.5) is 0 Å². The minimum atomic E-state index is -0.943. The fraction of sp³-hybridized carbons (Fsp3) is 0.250. The van der Waals surface area contributed by atoms with E-state index >= 15 is 0 Å². The number of aliphatic carboxylic acids is 1. The molecule has 0 aliphatic carbocycles. The van der Waals surface area contributed by atoms with E-state index in [0.717, 1.165) is 12.5 Å². The number of carboxylic acid groups (broad SMARTS) is 1. The molecule has 15 heavy (non-hydrogen) atoms. The maximum atomic E-state index is 10.1. The van der Waals surface area contributed by atoms with Crippen LogP contribution < -0.4 is 0 Å². The van der Waals surface area contributed by atoms with Crippen molar-refractivity contribution in [3.63, 3.8) is 0 Å². The highest BCUT2D eigenvalue weighted by Gasteiger charge is 1.91. The third kappa shape index (κ3) is 5.65. The summed E-state index contributed by atoms with van der Waals surface area (Å²) in [5.74, 6) is -0.943. The molecule has 0 aliphatic rings. The fourth-order valence-electron chi connectivity index (χ4n) is 1.14. The van der Waals surface area contributed by atoms with Gasteiger partial charge < -0.3 is 9.84 Å². The van der Waals surface area contributed by atoms with E-state index in [0.29, 0.717) is 13.2 Å². The molecule has 0 spiro atoms. The van der Waals surface area contributed by atoms with E-state index in [9.17, 15) is 4.79 Å². The highest BCUT2D eigenvalue weighted by atomic mass is 16.5. The van der Waals surface area contributed by atoms with Gasteiger partial charge in [-0.25, -0.2) is 4.79 Å². The average molecular weight is 206 g/mol. The van der Waals surface area contributed by atoms with Crippen molar-refractivity contribution in [2.45, 2.75) is 6.42 Å². The Bertz CT molecular complexity index is 317. The Hall–Kier alpha value is -1.61. The molecule has 0 aromatic heterocycles. The van der Waals surface area contributed by atoms with Crippen LogP contribution in [0.25, 0.3) is 0 Å². The molecule has 0 amide bonds. The van der Waals surface area contributed by atoms with Gasteiger partial charge in [-0.05, 0) is 12.0 Å². The lowest BCUT2D eigenvalue weighted by atomic mass is 10.2. The average Bonchev–Trinajstić information content (AvgIpc) is 2.24. The smallest absolute Gasteiger partial charge is 0.328 e. The molecule has 0 fully saturated rings. The van der Waals surface area contributed by atoms with E-state index in [-0.39, 0.29) is 0 Å². The van der Waals surface area contributed by atoms with Crippen LogP contribution in [-0.4, -0.2) is 24.3 Å². The molecule has 0 saturated carbocycles.